The first-order valence-corrected chi connectivity index (χ1v) is 5.12. The van der Waals surface area contributed by atoms with Crippen LogP contribution >= 0.6 is 0 Å². The normalized spacial score (nSPS) is 25.6. The number of anilines is 2. The SMILES string of the molecule is Nc1ncc(C2NCCCC2F)c(N)[n+]1[O-]. The zero-order valence-corrected chi connectivity index (χ0v) is 8.69. The molecule has 5 N–H and O–H groups in total. The molecule has 16 heavy (non-hydrogen) atoms. The van der Waals surface area contributed by atoms with Crippen molar-refractivity contribution in [2.75, 3.05) is 18.0 Å². The summed E-state index contributed by atoms with van der Waals surface area (Å²) in [7, 11) is 0. The summed E-state index contributed by atoms with van der Waals surface area (Å²) in [4.78, 5) is 3.69. The number of nitrogens with zero attached hydrogens (tertiary/aromatic N) is 2. The van der Waals surface area contributed by atoms with Gasteiger partial charge >= 0.3 is 5.95 Å². The second-order valence-electron chi connectivity index (χ2n) is 3.84. The van der Waals surface area contributed by atoms with Gasteiger partial charge in [-0.3, -0.25) is 0 Å². The summed E-state index contributed by atoms with van der Waals surface area (Å²) in [5.41, 5.74) is 11.3. The molecule has 2 atom stereocenters. The molecule has 2 rings (SSSR count). The van der Waals surface area contributed by atoms with Crippen LogP contribution in [0.4, 0.5) is 16.2 Å². The van der Waals surface area contributed by atoms with Gasteiger partial charge in [-0.1, -0.05) is 0 Å². The van der Waals surface area contributed by atoms with Gasteiger partial charge in [-0.2, -0.15) is 0 Å². The molecular weight excluding hydrogens is 213 g/mol. The third-order valence-electron chi connectivity index (χ3n) is 2.78. The Bertz CT molecular complexity index is 400. The zero-order valence-electron chi connectivity index (χ0n) is 8.69. The number of aromatic nitrogens is 2. The number of nitrogens with two attached hydrogens (primary N) is 2. The number of halogens is 1. The standard InChI is InChI=1S/C9H14FN5O/c10-6-2-1-3-13-7(6)5-4-14-9(12)15(16)8(5)11/h4,6-7,13H,1-3,11H2,(H2,12,14). The van der Waals surface area contributed by atoms with Crippen LogP contribution < -0.4 is 21.5 Å². The first-order valence-electron chi connectivity index (χ1n) is 5.12. The van der Waals surface area contributed by atoms with Gasteiger partial charge in [-0.25, -0.2) is 9.12 Å². The van der Waals surface area contributed by atoms with E-state index in [-0.39, 0.29) is 11.8 Å². The van der Waals surface area contributed by atoms with Crippen molar-refractivity contribution < 1.29 is 9.12 Å². The highest BCUT2D eigenvalue weighted by Crippen LogP contribution is 2.28. The molecular formula is C9H14FN5O. The molecule has 0 saturated carbocycles. The highest BCUT2D eigenvalue weighted by molar-refractivity contribution is 5.38. The molecule has 6 nitrogen and oxygen atoms in total. The maximum Gasteiger partial charge on any atom is 0.344 e. The minimum Gasteiger partial charge on any atom is -0.754 e. The molecule has 2 unspecified atom stereocenters. The van der Waals surface area contributed by atoms with Crippen LogP contribution in [0.15, 0.2) is 6.20 Å². The van der Waals surface area contributed by atoms with Crippen molar-refractivity contribution in [3.05, 3.63) is 17.0 Å². The van der Waals surface area contributed by atoms with Gasteiger partial charge in [0, 0.05) is 0 Å². The van der Waals surface area contributed by atoms with Crippen molar-refractivity contribution >= 4 is 11.8 Å². The highest BCUT2D eigenvalue weighted by Gasteiger charge is 2.29. The van der Waals surface area contributed by atoms with E-state index in [2.05, 4.69) is 10.3 Å². The van der Waals surface area contributed by atoms with Crippen LogP contribution in [0.1, 0.15) is 24.4 Å². The fourth-order valence-corrected chi connectivity index (χ4v) is 1.89. The quantitative estimate of drug-likeness (QED) is 0.449. The van der Waals surface area contributed by atoms with Crippen LogP contribution in [0.3, 0.4) is 0 Å². The largest absolute Gasteiger partial charge is 0.754 e. The number of piperidine rings is 1. The van der Waals surface area contributed by atoms with Gasteiger partial charge in [-0.05, 0) is 19.4 Å². The Kier molecular flexibility index (Phi) is 2.78. The summed E-state index contributed by atoms with van der Waals surface area (Å²) >= 11 is 0. The van der Waals surface area contributed by atoms with E-state index in [1.807, 2.05) is 0 Å². The predicted molar refractivity (Wildman–Crippen MR) is 56.9 cm³/mol. The third-order valence-corrected chi connectivity index (χ3v) is 2.78. The van der Waals surface area contributed by atoms with Crippen LogP contribution in [0.2, 0.25) is 0 Å². The van der Waals surface area contributed by atoms with E-state index in [4.69, 9.17) is 11.5 Å². The Labute approximate surface area is 92.0 Å². The Morgan fingerprint density at radius 3 is 3.00 bits per heavy atom. The second-order valence-corrected chi connectivity index (χ2v) is 3.84. The van der Waals surface area contributed by atoms with Crippen LogP contribution in [-0.4, -0.2) is 17.7 Å². The van der Waals surface area contributed by atoms with Gasteiger partial charge in [0.05, 0.1) is 17.8 Å². The molecule has 1 aliphatic rings. The molecule has 1 aliphatic heterocycles. The van der Waals surface area contributed by atoms with E-state index in [1.54, 1.807) is 0 Å². The minimum absolute atomic E-state index is 0.0884. The molecule has 1 aromatic rings. The molecule has 1 saturated heterocycles. The number of hydrogen-bond acceptors (Lipinski definition) is 5. The summed E-state index contributed by atoms with van der Waals surface area (Å²) in [6, 6.07) is -0.568. The molecule has 1 fully saturated rings. The van der Waals surface area contributed by atoms with E-state index in [0.29, 0.717) is 23.3 Å². The van der Waals surface area contributed by atoms with E-state index >= 15 is 0 Å². The van der Waals surface area contributed by atoms with E-state index < -0.39 is 12.2 Å². The fraction of sp³-hybridized carbons (Fsp3) is 0.556. The molecule has 1 aromatic heterocycles. The maximum absolute atomic E-state index is 13.7. The Morgan fingerprint density at radius 1 is 1.56 bits per heavy atom. The Balaban J connectivity index is 2.36. The number of hydrogen-bond donors (Lipinski definition) is 3. The molecule has 0 bridgehead atoms. The lowest BCUT2D eigenvalue weighted by atomic mass is 9.97. The van der Waals surface area contributed by atoms with Crippen molar-refractivity contribution in [2.24, 2.45) is 0 Å². The van der Waals surface area contributed by atoms with Crippen LogP contribution in [-0.2, 0) is 0 Å². The molecule has 2 heterocycles. The molecule has 0 aromatic carbocycles. The lowest BCUT2D eigenvalue weighted by Crippen LogP contribution is -2.41. The van der Waals surface area contributed by atoms with Crippen molar-refractivity contribution in [1.82, 2.24) is 10.3 Å². The number of rotatable bonds is 1. The van der Waals surface area contributed by atoms with E-state index in [1.165, 1.54) is 6.20 Å². The lowest BCUT2D eigenvalue weighted by molar-refractivity contribution is -0.577. The molecule has 88 valence electrons. The number of nitrogens with one attached hydrogen (secondary N) is 1. The predicted octanol–water partition coefficient (Wildman–Crippen LogP) is -0.358. The first-order chi connectivity index (χ1) is 7.61. The van der Waals surface area contributed by atoms with Gasteiger partial charge in [0.15, 0.2) is 5.82 Å². The minimum atomic E-state index is -1.05. The molecule has 7 heteroatoms. The Morgan fingerprint density at radius 2 is 2.31 bits per heavy atom. The highest BCUT2D eigenvalue weighted by atomic mass is 19.1. The van der Waals surface area contributed by atoms with Gasteiger partial charge < -0.3 is 22.0 Å². The van der Waals surface area contributed by atoms with Gasteiger partial charge in [0.1, 0.15) is 6.17 Å². The summed E-state index contributed by atoms with van der Waals surface area (Å²) < 4.78 is 14.0. The Hall–Kier alpha value is -1.63. The topological polar surface area (TPSA) is 104 Å². The van der Waals surface area contributed by atoms with E-state index in [0.717, 1.165) is 6.42 Å². The second kappa shape index (κ2) is 4.09. The molecule has 0 amide bonds. The number of alkyl halides is 1. The van der Waals surface area contributed by atoms with Crippen molar-refractivity contribution in [1.29, 1.82) is 0 Å². The van der Waals surface area contributed by atoms with Crippen molar-refractivity contribution in [2.45, 2.75) is 25.1 Å². The number of nitrogen functional groups attached to an aromatic ring is 2. The average Bonchev–Trinajstić information content (AvgIpc) is 2.28. The molecule has 0 radical (unpaired) electrons. The van der Waals surface area contributed by atoms with Crippen LogP contribution in [0.25, 0.3) is 0 Å². The van der Waals surface area contributed by atoms with Gasteiger partial charge in [0.25, 0.3) is 0 Å². The summed E-state index contributed by atoms with van der Waals surface area (Å²) in [6.07, 6.45) is 1.54. The summed E-state index contributed by atoms with van der Waals surface area (Å²) in [5, 5.41) is 14.4. The van der Waals surface area contributed by atoms with Crippen molar-refractivity contribution in [3.63, 3.8) is 0 Å². The molecule has 0 spiro atoms. The van der Waals surface area contributed by atoms with Gasteiger partial charge in [0.2, 0.25) is 0 Å². The average molecular weight is 227 g/mol. The maximum atomic E-state index is 13.7. The smallest absolute Gasteiger partial charge is 0.344 e. The van der Waals surface area contributed by atoms with Crippen molar-refractivity contribution in [3.8, 4) is 0 Å². The van der Waals surface area contributed by atoms with Crippen LogP contribution in [0.5, 0.6) is 0 Å². The fourth-order valence-electron chi connectivity index (χ4n) is 1.89. The lowest BCUT2D eigenvalue weighted by Gasteiger charge is -2.28. The van der Waals surface area contributed by atoms with E-state index in [9.17, 15) is 9.60 Å². The zero-order chi connectivity index (χ0) is 11.7. The first kappa shape index (κ1) is 10.9. The third kappa shape index (κ3) is 1.73. The van der Waals surface area contributed by atoms with Gasteiger partial charge in [-0.15, -0.1) is 4.98 Å². The van der Waals surface area contributed by atoms with Crippen LogP contribution in [0, 0.1) is 5.21 Å². The summed E-state index contributed by atoms with van der Waals surface area (Å²) in [6.45, 7) is 0.702. The monoisotopic (exact) mass is 227 g/mol. The summed E-state index contributed by atoms with van der Waals surface area (Å²) in [5.74, 6) is -0.318. The molecule has 0 aliphatic carbocycles.